The second-order valence-electron chi connectivity index (χ2n) is 4.59. The van der Waals surface area contributed by atoms with Crippen molar-refractivity contribution in [1.82, 2.24) is 5.32 Å². The normalized spacial score (nSPS) is 12.2. The summed E-state index contributed by atoms with van der Waals surface area (Å²) in [4.78, 5) is 25.0. The van der Waals surface area contributed by atoms with E-state index in [0.717, 1.165) is 17.7 Å². The van der Waals surface area contributed by atoms with E-state index in [2.05, 4.69) is 12.2 Å². The Morgan fingerprint density at radius 2 is 2.20 bits per heavy atom. The molecule has 0 aliphatic rings. The van der Waals surface area contributed by atoms with E-state index >= 15 is 0 Å². The van der Waals surface area contributed by atoms with E-state index in [1.807, 2.05) is 19.2 Å². The highest BCUT2D eigenvalue weighted by atomic mass is 32.2. The summed E-state index contributed by atoms with van der Waals surface area (Å²) < 4.78 is 0. The molecule has 0 aliphatic carbocycles. The number of aryl methyl sites for hydroxylation is 2. The summed E-state index contributed by atoms with van der Waals surface area (Å²) in [5, 5.41) is 11.7. The van der Waals surface area contributed by atoms with E-state index in [9.17, 15) is 9.59 Å². The fourth-order valence-corrected chi connectivity index (χ4v) is 3.32. The van der Waals surface area contributed by atoms with E-state index in [4.69, 9.17) is 5.11 Å². The van der Waals surface area contributed by atoms with Crippen molar-refractivity contribution >= 4 is 35.0 Å². The maximum absolute atomic E-state index is 12.1. The van der Waals surface area contributed by atoms with Crippen molar-refractivity contribution in [3.8, 4) is 0 Å². The van der Waals surface area contributed by atoms with Crippen LogP contribution < -0.4 is 5.32 Å². The van der Waals surface area contributed by atoms with Gasteiger partial charge in [-0.25, -0.2) is 4.79 Å². The maximum Gasteiger partial charge on any atom is 0.326 e. The van der Waals surface area contributed by atoms with Gasteiger partial charge in [-0.1, -0.05) is 13.3 Å². The molecule has 1 rings (SSSR count). The van der Waals surface area contributed by atoms with Crippen molar-refractivity contribution in [1.29, 1.82) is 0 Å². The number of hydrogen-bond acceptors (Lipinski definition) is 4. The van der Waals surface area contributed by atoms with Crippen LogP contribution in [-0.4, -0.2) is 35.0 Å². The SMILES string of the molecule is CCCc1cc(C(=O)N[C@@H](CCSC)C(=O)O)sc1C. The molecular formula is C14H21NO3S2. The summed E-state index contributed by atoms with van der Waals surface area (Å²) in [5.41, 5.74) is 1.18. The molecule has 0 saturated carbocycles. The summed E-state index contributed by atoms with van der Waals surface area (Å²) in [6, 6.07) is 1.07. The molecule has 0 radical (unpaired) electrons. The van der Waals surface area contributed by atoms with Gasteiger partial charge in [-0.15, -0.1) is 11.3 Å². The molecule has 112 valence electrons. The first-order valence-corrected chi connectivity index (χ1v) is 8.82. The topological polar surface area (TPSA) is 66.4 Å². The predicted molar refractivity (Wildman–Crippen MR) is 84.9 cm³/mol. The molecule has 0 saturated heterocycles. The molecule has 4 nitrogen and oxygen atoms in total. The van der Waals surface area contributed by atoms with E-state index in [1.165, 1.54) is 16.9 Å². The number of rotatable bonds is 8. The van der Waals surface area contributed by atoms with Gasteiger partial charge in [-0.05, 0) is 43.4 Å². The minimum absolute atomic E-state index is 0.283. The van der Waals surface area contributed by atoms with Gasteiger partial charge in [0.15, 0.2) is 0 Å². The Morgan fingerprint density at radius 1 is 1.50 bits per heavy atom. The number of carbonyl (C=O) groups excluding carboxylic acids is 1. The van der Waals surface area contributed by atoms with Crippen LogP contribution in [0.5, 0.6) is 0 Å². The summed E-state index contributed by atoms with van der Waals surface area (Å²) in [6.07, 6.45) is 4.34. The van der Waals surface area contributed by atoms with Crippen molar-refractivity contribution in [3.63, 3.8) is 0 Å². The van der Waals surface area contributed by atoms with Gasteiger partial charge in [0.25, 0.3) is 5.91 Å². The fraction of sp³-hybridized carbons (Fsp3) is 0.571. The van der Waals surface area contributed by atoms with E-state index in [1.54, 1.807) is 11.8 Å². The van der Waals surface area contributed by atoms with Crippen molar-refractivity contribution in [2.45, 2.75) is 39.2 Å². The lowest BCUT2D eigenvalue weighted by Gasteiger charge is -2.12. The van der Waals surface area contributed by atoms with E-state index in [0.29, 0.717) is 17.1 Å². The van der Waals surface area contributed by atoms with Gasteiger partial charge in [0.2, 0.25) is 0 Å². The minimum atomic E-state index is -0.977. The number of hydrogen-bond donors (Lipinski definition) is 2. The zero-order valence-electron chi connectivity index (χ0n) is 12.1. The van der Waals surface area contributed by atoms with Crippen LogP contribution in [0.15, 0.2) is 6.07 Å². The molecule has 0 fully saturated rings. The van der Waals surface area contributed by atoms with E-state index < -0.39 is 12.0 Å². The highest BCUT2D eigenvalue weighted by molar-refractivity contribution is 7.98. The number of carbonyl (C=O) groups is 2. The molecule has 2 N–H and O–H groups in total. The van der Waals surface area contributed by atoms with Gasteiger partial charge < -0.3 is 10.4 Å². The summed E-state index contributed by atoms with van der Waals surface area (Å²) >= 11 is 3.00. The average molecular weight is 315 g/mol. The Hall–Kier alpha value is -1.01. The first kappa shape index (κ1) is 17.0. The van der Waals surface area contributed by atoms with Crippen LogP contribution in [0.2, 0.25) is 0 Å². The number of carboxylic acids is 1. The predicted octanol–water partition coefficient (Wildman–Crippen LogP) is 2.95. The lowest BCUT2D eigenvalue weighted by Crippen LogP contribution is -2.40. The number of thiophene rings is 1. The van der Waals surface area contributed by atoms with Crippen LogP contribution in [0.3, 0.4) is 0 Å². The number of thioether (sulfide) groups is 1. The smallest absolute Gasteiger partial charge is 0.326 e. The molecule has 20 heavy (non-hydrogen) atoms. The Morgan fingerprint density at radius 3 is 2.75 bits per heavy atom. The average Bonchev–Trinajstić information content (AvgIpc) is 2.76. The molecule has 1 heterocycles. The van der Waals surface area contributed by atoms with Crippen molar-refractivity contribution in [3.05, 3.63) is 21.4 Å². The van der Waals surface area contributed by atoms with E-state index in [-0.39, 0.29) is 5.91 Å². The summed E-state index contributed by atoms with van der Waals surface area (Å²) in [5.74, 6) is -0.551. The van der Waals surface area contributed by atoms with Crippen molar-refractivity contribution in [2.24, 2.45) is 0 Å². The van der Waals surface area contributed by atoms with Crippen molar-refractivity contribution < 1.29 is 14.7 Å². The highest BCUT2D eigenvalue weighted by Crippen LogP contribution is 2.23. The molecule has 1 atom stereocenters. The quantitative estimate of drug-likeness (QED) is 0.774. The Kier molecular flexibility index (Phi) is 7.09. The van der Waals surface area contributed by atoms with Crippen molar-refractivity contribution in [2.75, 3.05) is 12.0 Å². The summed E-state index contributed by atoms with van der Waals surface area (Å²) in [7, 11) is 0. The molecule has 1 aromatic rings. The van der Waals surface area contributed by atoms with Gasteiger partial charge in [-0.3, -0.25) is 4.79 Å². The Bertz CT molecular complexity index is 471. The largest absolute Gasteiger partial charge is 0.480 e. The van der Waals surface area contributed by atoms with Crippen LogP contribution in [0, 0.1) is 6.92 Å². The fourth-order valence-electron chi connectivity index (χ4n) is 1.87. The molecule has 0 unspecified atom stereocenters. The molecule has 0 bridgehead atoms. The first-order chi connectivity index (χ1) is 9.49. The van der Waals surface area contributed by atoms with Gasteiger partial charge in [0, 0.05) is 4.88 Å². The highest BCUT2D eigenvalue weighted by Gasteiger charge is 2.21. The molecule has 0 spiro atoms. The van der Waals surface area contributed by atoms with Gasteiger partial charge in [0.05, 0.1) is 4.88 Å². The molecule has 1 amide bonds. The standard InChI is InChI=1S/C14H21NO3S2/c1-4-5-10-8-12(20-9(10)2)13(16)15-11(14(17)18)6-7-19-3/h8,11H,4-7H2,1-3H3,(H,15,16)(H,17,18)/t11-/m0/s1. The monoisotopic (exact) mass is 315 g/mol. The third-order valence-corrected chi connectivity index (χ3v) is 4.71. The van der Waals surface area contributed by atoms with Gasteiger partial charge >= 0.3 is 5.97 Å². The van der Waals surface area contributed by atoms with Gasteiger partial charge in [0.1, 0.15) is 6.04 Å². The lowest BCUT2D eigenvalue weighted by molar-refractivity contribution is -0.139. The third kappa shape index (κ3) is 4.83. The zero-order chi connectivity index (χ0) is 15.1. The summed E-state index contributed by atoms with van der Waals surface area (Å²) in [6.45, 7) is 4.09. The molecule has 0 aliphatic heterocycles. The zero-order valence-corrected chi connectivity index (χ0v) is 13.7. The number of amides is 1. The second-order valence-corrected chi connectivity index (χ2v) is 6.83. The maximum atomic E-state index is 12.1. The van der Waals surface area contributed by atoms with Crippen LogP contribution in [0.1, 0.15) is 39.9 Å². The Balaban J connectivity index is 2.73. The first-order valence-electron chi connectivity index (χ1n) is 6.61. The minimum Gasteiger partial charge on any atom is -0.480 e. The van der Waals surface area contributed by atoms with Crippen LogP contribution >= 0.6 is 23.1 Å². The van der Waals surface area contributed by atoms with Crippen LogP contribution in [0.25, 0.3) is 0 Å². The molecule has 1 aromatic heterocycles. The third-order valence-electron chi connectivity index (χ3n) is 2.98. The lowest BCUT2D eigenvalue weighted by atomic mass is 10.1. The number of aliphatic carboxylic acids is 1. The van der Waals surface area contributed by atoms with Gasteiger partial charge in [-0.2, -0.15) is 11.8 Å². The second kappa shape index (κ2) is 8.32. The Labute approximate surface area is 128 Å². The van der Waals surface area contributed by atoms with Crippen LogP contribution in [0.4, 0.5) is 0 Å². The molecular weight excluding hydrogens is 294 g/mol. The van der Waals surface area contributed by atoms with Crippen LogP contribution in [-0.2, 0) is 11.2 Å². The number of carboxylic acid groups (broad SMARTS) is 1. The number of nitrogens with one attached hydrogen (secondary N) is 1. The molecule has 6 heteroatoms. The molecule has 0 aromatic carbocycles.